The van der Waals surface area contributed by atoms with Crippen molar-refractivity contribution in [2.24, 2.45) is 0 Å². The molecule has 3 atom stereocenters. The average Bonchev–Trinajstić information content (AvgIpc) is 2.64. The lowest BCUT2D eigenvalue weighted by Gasteiger charge is -2.15. The number of halogens is 2. The van der Waals surface area contributed by atoms with E-state index in [1.807, 2.05) is 0 Å². The number of anilines is 1. The third-order valence-electron chi connectivity index (χ3n) is 3.45. The molecule has 1 spiro atoms. The fraction of sp³-hybridized carbons (Fsp3) is 0.600. The van der Waals surface area contributed by atoms with Crippen LogP contribution in [-0.2, 0) is 4.74 Å². The number of aromatic nitrogens is 2. The van der Waals surface area contributed by atoms with E-state index in [4.69, 9.17) is 10.5 Å². The molecule has 2 aliphatic rings. The monoisotopic (exact) mass is 259 g/mol. The summed E-state index contributed by atoms with van der Waals surface area (Å²) in [5.41, 5.74) is 2.81. The van der Waals surface area contributed by atoms with Crippen LogP contribution in [0.5, 0.6) is 0 Å². The first kappa shape index (κ1) is 11.5. The lowest BCUT2D eigenvalue weighted by molar-refractivity contribution is -0.0994. The number of aliphatic hydroxyl groups excluding tert-OH is 1. The van der Waals surface area contributed by atoms with Gasteiger partial charge in [0.1, 0.15) is 12.0 Å². The molecule has 6 nitrogen and oxygen atoms in total. The van der Waals surface area contributed by atoms with Crippen LogP contribution in [0.2, 0.25) is 0 Å². The molecular formula is C10H11F2N3O3. The molecule has 1 saturated carbocycles. The summed E-state index contributed by atoms with van der Waals surface area (Å²) in [6, 6.07) is 1.37. The Kier molecular flexibility index (Phi) is 2.09. The summed E-state index contributed by atoms with van der Waals surface area (Å²) >= 11 is 0. The molecule has 0 bridgehead atoms. The maximum Gasteiger partial charge on any atom is 0.351 e. The van der Waals surface area contributed by atoms with E-state index in [1.165, 1.54) is 12.3 Å². The molecule has 1 aromatic rings. The van der Waals surface area contributed by atoms with Crippen molar-refractivity contribution in [3.8, 4) is 0 Å². The summed E-state index contributed by atoms with van der Waals surface area (Å²) in [5, 5.41) is 9.67. The number of hydrogen-bond acceptors (Lipinski definition) is 5. The van der Waals surface area contributed by atoms with Gasteiger partial charge in [0.05, 0.1) is 12.5 Å². The van der Waals surface area contributed by atoms with Gasteiger partial charge >= 0.3 is 5.69 Å². The largest absolute Gasteiger partial charge is 0.390 e. The van der Waals surface area contributed by atoms with Crippen molar-refractivity contribution in [2.45, 2.75) is 36.7 Å². The fourth-order valence-corrected chi connectivity index (χ4v) is 2.34. The highest BCUT2D eigenvalue weighted by Crippen LogP contribution is 2.63. The molecular weight excluding hydrogens is 248 g/mol. The first-order chi connectivity index (χ1) is 8.36. The highest BCUT2D eigenvalue weighted by Gasteiger charge is 2.79. The molecule has 2 fully saturated rings. The van der Waals surface area contributed by atoms with Gasteiger partial charge in [0.15, 0.2) is 5.60 Å². The van der Waals surface area contributed by atoms with Gasteiger partial charge in [-0.15, -0.1) is 0 Å². The Morgan fingerprint density at radius 3 is 2.78 bits per heavy atom. The smallest absolute Gasteiger partial charge is 0.351 e. The zero-order valence-corrected chi connectivity index (χ0v) is 9.22. The Bertz CT molecular complexity index is 562. The van der Waals surface area contributed by atoms with Gasteiger partial charge in [-0.1, -0.05) is 0 Å². The van der Waals surface area contributed by atoms with Crippen molar-refractivity contribution in [2.75, 3.05) is 5.73 Å². The molecule has 0 amide bonds. The van der Waals surface area contributed by atoms with Crippen molar-refractivity contribution in [1.29, 1.82) is 0 Å². The van der Waals surface area contributed by atoms with Gasteiger partial charge < -0.3 is 15.6 Å². The number of nitrogens with two attached hydrogens (primary N) is 1. The fourth-order valence-electron chi connectivity index (χ4n) is 2.34. The Labute approximate surface area is 100.0 Å². The molecule has 1 aliphatic carbocycles. The van der Waals surface area contributed by atoms with E-state index in [0.717, 1.165) is 4.57 Å². The summed E-state index contributed by atoms with van der Waals surface area (Å²) < 4.78 is 32.6. The minimum absolute atomic E-state index is 0.0428. The van der Waals surface area contributed by atoms with E-state index in [1.54, 1.807) is 0 Å². The van der Waals surface area contributed by atoms with E-state index < -0.39 is 36.0 Å². The number of aliphatic hydroxyl groups is 1. The summed E-state index contributed by atoms with van der Waals surface area (Å²) in [5.74, 6) is -2.99. The second-order valence-electron chi connectivity index (χ2n) is 4.64. The van der Waals surface area contributed by atoms with E-state index in [0.29, 0.717) is 0 Å². The van der Waals surface area contributed by atoms with Crippen LogP contribution in [-0.4, -0.2) is 32.3 Å². The van der Waals surface area contributed by atoms with Gasteiger partial charge in [-0.05, 0) is 6.07 Å². The van der Waals surface area contributed by atoms with Gasteiger partial charge in [0.25, 0.3) is 5.92 Å². The summed E-state index contributed by atoms with van der Waals surface area (Å²) in [4.78, 5) is 15.0. The molecule has 0 radical (unpaired) electrons. The first-order valence-electron chi connectivity index (χ1n) is 5.44. The molecule has 2 heterocycles. The molecule has 1 aliphatic heterocycles. The predicted octanol–water partition coefficient (Wildman–Crippen LogP) is -0.117. The Morgan fingerprint density at radius 2 is 2.28 bits per heavy atom. The molecule has 1 aromatic heterocycles. The van der Waals surface area contributed by atoms with E-state index in [-0.39, 0.29) is 12.2 Å². The second kappa shape index (κ2) is 3.27. The van der Waals surface area contributed by atoms with Crippen LogP contribution >= 0.6 is 0 Å². The zero-order valence-electron chi connectivity index (χ0n) is 9.22. The SMILES string of the molecule is Nc1ccn([C@H]2C[C@H](O)[C@]3(CC3(F)F)O2)c(=O)n1. The number of nitrogen functional groups attached to an aromatic ring is 1. The zero-order chi connectivity index (χ0) is 13.1. The van der Waals surface area contributed by atoms with Crippen molar-refractivity contribution in [1.82, 2.24) is 9.55 Å². The van der Waals surface area contributed by atoms with Crippen LogP contribution in [0.4, 0.5) is 14.6 Å². The summed E-state index contributed by atoms with van der Waals surface area (Å²) in [6.07, 6.45) is -1.49. The minimum Gasteiger partial charge on any atom is -0.390 e. The summed E-state index contributed by atoms with van der Waals surface area (Å²) in [6.45, 7) is 0. The van der Waals surface area contributed by atoms with E-state index in [2.05, 4.69) is 4.98 Å². The highest BCUT2D eigenvalue weighted by molar-refractivity contribution is 5.24. The number of ether oxygens (including phenoxy) is 1. The van der Waals surface area contributed by atoms with Crippen molar-refractivity contribution in [3.05, 3.63) is 22.7 Å². The van der Waals surface area contributed by atoms with Gasteiger partial charge in [0, 0.05) is 12.6 Å². The lowest BCUT2D eigenvalue weighted by atomic mass is 10.1. The maximum absolute atomic E-state index is 13.2. The third-order valence-corrected chi connectivity index (χ3v) is 3.45. The molecule has 98 valence electrons. The topological polar surface area (TPSA) is 90.4 Å². The molecule has 8 heteroatoms. The quantitative estimate of drug-likeness (QED) is 0.734. The number of rotatable bonds is 1. The Balaban J connectivity index is 1.91. The van der Waals surface area contributed by atoms with Crippen molar-refractivity contribution in [3.63, 3.8) is 0 Å². The number of hydrogen-bond donors (Lipinski definition) is 2. The van der Waals surface area contributed by atoms with Crippen LogP contribution in [0.1, 0.15) is 19.1 Å². The van der Waals surface area contributed by atoms with Crippen LogP contribution < -0.4 is 11.4 Å². The molecule has 18 heavy (non-hydrogen) atoms. The number of nitrogens with zero attached hydrogens (tertiary/aromatic N) is 2. The van der Waals surface area contributed by atoms with E-state index >= 15 is 0 Å². The Morgan fingerprint density at radius 1 is 1.61 bits per heavy atom. The first-order valence-corrected chi connectivity index (χ1v) is 5.44. The van der Waals surface area contributed by atoms with Crippen LogP contribution in [0.15, 0.2) is 17.1 Å². The maximum atomic E-state index is 13.2. The predicted molar refractivity (Wildman–Crippen MR) is 56.0 cm³/mol. The van der Waals surface area contributed by atoms with Crippen molar-refractivity contribution >= 4 is 5.82 Å². The van der Waals surface area contributed by atoms with E-state index in [9.17, 15) is 18.7 Å². The van der Waals surface area contributed by atoms with Crippen molar-refractivity contribution < 1.29 is 18.6 Å². The van der Waals surface area contributed by atoms with Gasteiger partial charge in [-0.2, -0.15) is 4.98 Å². The van der Waals surface area contributed by atoms with Gasteiger partial charge in [-0.25, -0.2) is 13.6 Å². The van der Waals surface area contributed by atoms with Crippen LogP contribution in [0.25, 0.3) is 0 Å². The standard InChI is InChI=1S/C10H11F2N3O3/c11-10(12)4-9(10)5(16)3-7(18-9)15-2-1-6(13)14-8(15)17/h1-2,5,7,16H,3-4H2,(H2,13,14,17)/t5-,7+,9-/m0/s1. The molecule has 3 rings (SSSR count). The second-order valence-corrected chi connectivity index (χ2v) is 4.64. The van der Waals surface area contributed by atoms with Crippen LogP contribution in [0.3, 0.4) is 0 Å². The third kappa shape index (κ3) is 1.39. The summed E-state index contributed by atoms with van der Waals surface area (Å²) in [7, 11) is 0. The van der Waals surface area contributed by atoms with Gasteiger partial charge in [-0.3, -0.25) is 4.57 Å². The van der Waals surface area contributed by atoms with Gasteiger partial charge in [0.2, 0.25) is 0 Å². The van der Waals surface area contributed by atoms with Crippen LogP contribution in [0, 0.1) is 0 Å². The Hall–Kier alpha value is -1.54. The molecule has 0 unspecified atom stereocenters. The lowest BCUT2D eigenvalue weighted by Crippen LogP contribution is -2.30. The molecule has 1 saturated heterocycles. The normalized spacial score (nSPS) is 37.1. The molecule has 0 aromatic carbocycles. The average molecular weight is 259 g/mol. The minimum atomic E-state index is -3.04. The number of alkyl halides is 2. The highest BCUT2D eigenvalue weighted by atomic mass is 19.3. The molecule has 3 N–H and O–H groups in total.